The van der Waals surface area contributed by atoms with Gasteiger partial charge in [0.05, 0.1) is 0 Å². The van der Waals surface area contributed by atoms with Crippen molar-refractivity contribution in [3.63, 3.8) is 0 Å². The molecule has 2 aromatic rings. The van der Waals surface area contributed by atoms with Crippen LogP contribution in [0.1, 0.15) is 5.69 Å². The number of para-hydroxylation sites is 2. The number of fused-ring (bicyclic) bond motifs is 1. The molecule has 1 unspecified atom stereocenters. The van der Waals surface area contributed by atoms with Gasteiger partial charge in [0.25, 0.3) is 0 Å². The number of hydrogen-bond donors (Lipinski definition) is 2. The lowest BCUT2D eigenvalue weighted by molar-refractivity contribution is 0.0901. The van der Waals surface area contributed by atoms with Gasteiger partial charge < -0.3 is 19.8 Å². The van der Waals surface area contributed by atoms with Crippen LogP contribution >= 0.6 is 0 Å². The highest BCUT2D eigenvalue weighted by Gasteiger charge is 2.19. The summed E-state index contributed by atoms with van der Waals surface area (Å²) in [4.78, 5) is 3.16. The monoisotopic (exact) mass is 244 g/mol. The van der Waals surface area contributed by atoms with Crippen LogP contribution in [-0.2, 0) is 6.54 Å². The third-order valence-electron chi connectivity index (χ3n) is 2.92. The summed E-state index contributed by atoms with van der Waals surface area (Å²) in [5.41, 5.74) is 1.17. The average molecular weight is 244 g/mol. The largest absolute Gasteiger partial charge is 0.486 e. The van der Waals surface area contributed by atoms with Gasteiger partial charge in [-0.2, -0.15) is 0 Å². The number of benzene rings is 1. The molecule has 1 aromatic carbocycles. The average Bonchev–Trinajstić information content (AvgIpc) is 2.92. The van der Waals surface area contributed by atoms with Crippen molar-refractivity contribution in [2.75, 3.05) is 13.2 Å². The van der Waals surface area contributed by atoms with Crippen molar-refractivity contribution in [1.82, 2.24) is 10.3 Å². The van der Waals surface area contributed by atoms with Gasteiger partial charge in [-0.15, -0.1) is 0 Å². The summed E-state index contributed by atoms with van der Waals surface area (Å²) >= 11 is 0. The number of aromatic nitrogens is 1. The van der Waals surface area contributed by atoms with E-state index in [4.69, 9.17) is 9.47 Å². The Hall–Kier alpha value is -1.94. The Morgan fingerprint density at radius 3 is 2.89 bits per heavy atom. The quantitative estimate of drug-likeness (QED) is 0.864. The molecule has 2 N–H and O–H groups in total. The first kappa shape index (κ1) is 11.2. The molecule has 2 heterocycles. The molecule has 0 spiro atoms. The van der Waals surface area contributed by atoms with Crippen molar-refractivity contribution in [2.45, 2.75) is 12.6 Å². The van der Waals surface area contributed by atoms with Gasteiger partial charge in [0, 0.05) is 25.0 Å². The van der Waals surface area contributed by atoms with Crippen LogP contribution in [0, 0.1) is 0 Å². The van der Waals surface area contributed by atoms with Gasteiger partial charge in [-0.3, -0.25) is 0 Å². The van der Waals surface area contributed by atoms with Gasteiger partial charge in [0.1, 0.15) is 12.7 Å². The number of H-pyrrole nitrogens is 1. The van der Waals surface area contributed by atoms with Gasteiger partial charge >= 0.3 is 0 Å². The molecule has 4 heteroatoms. The number of hydrogen-bond acceptors (Lipinski definition) is 3. The molecule has 0 aliphatic carbocycles. The summed E-state index contributed by atoms with van der Waals surface area (Å²) in [6.07, 6.45) is 1.99. The van der Waals surface area contributed by atoms with Crippen molar-refractivity contribution in [3.05, 3.63) is 48.3 Å². The minimum Gasteiger partial charge on any atom is -0.486 e. The van der Waals surface area contributed by atoms with E-state index in [0.717, 1.165) is 24.6 Å². The second-order valence-corrected chi connectivity index (χ2v) is 4.32. The molecule has 3 rings (SSSR count). The molecule has 1 aromatic heterocycles. The molecule has 94 valence electrons. The Kier molecular flexibility index (Phi) is 3.19. The van der Waals surface area contributed by atoms with Gasteiger partial charge in [-0.05, 0) is 24.3 Å². The predicted octanol–water partition coefficient (Wildman–Crippen LogP) is 1.94. The Morgan fingerprint density at radius 1 is 1.17 bits per heavy atom. The minimum absolute atomic E-state index is 0.0647. The standard InChI is InChI=1S/C14H16N2O2/c1-2-6-14-13(5-1)17-10-12(18-14)9-15-8-11-4-3-7-16-11/h1-7,12,15-16H,8-10H2. The van der Waals surface area contributed by atoms with Crippen molar-refractivity contribution < 1.29 is 9.47 Å². The highest BCUT2D eigenvalue weighted by molar-refractivity contribution is 5.40. The first-order valence-electron chi connectivity index (χ1n) is 6.13. The lowest BCUT2D eigenvalue weighted by Crippen LogP contribution is -2.38. The zero-order chi connectivity index (χ0) is 12.2. The van der Waals surface area contributed by atoms with Crippen LogP contribution in [0.2, 0.25) is 0 Å². The van der Waals surface area contributed by atoms with E-state index in [2.05, 4.69) is 16.4 Å². The van der Waals surface area contributed by atoms with Gasteiger partial charge in [0.15, 0.2) is 11.5 Å². The van der Waals surface area contributed by atoms with Crippen LogP contribution in [0.3, 0.4) is 0 Å². The van der Waals surface area contributed by atoms with E-state index in [0.29, 0.717) is 6.61 Å². The number of nitrogens with one attached hydrogen (secondary N) is 2. The third-order valence-corrected chi connectivity index (χ3v) is 2.92. The molecular weight excluding hydrogens is 228 g/mol. The van der Waals surface area contributed by atoms with Crippen LogP contribution in [0.4, 0.5) is 0 Å². The maximum atomic E-state index is 5.85. The van der Waals surface area contributed by atoms with Gasteiger partial charge in [0.2, 0.25) is 0 Å². The molecular formula is C14H16N2O2. The van der Waals surface area contributed by atoms with Crippen LogP contribution in [0.25, 0.3) is 0 Å². The summed E-state index contributed by atoms with van der Waals surface area (Å²) in [5, 5.41) is 3.35. The summed E-state index contributed by atoms with van der Waals surface area (Å²) in [5.74, 6) is 1.66. The molecule has 0 saturated carbocycles. The van der Waals surface area contributed by atoms with Crippen molar-refractivity contribution in [3.8, 4) is 11.5 Å². The minimum atomic E-state index is 0.0647. The predicted molar refractivity (Wildman–Crippen MR) is 68.9 cm³/mol. The van der Waals surface area contributed by atoms with Crippen LogP contribution in [0.5, 0.6) is 11.5 Å². The van der Waals surface area contributed by atoms with E-state index in [-0.39, 0.29) is 6.10 Å². The molecule has 1 atom stereocenters. The topological polar surface area (TPSA) is 46.3 Å². The van der Waals surface area contributed by atoms with E-state index < -0.39 is 0 Å². The fourth-order valence-electron chi connectivity index (χ4n) is 2.01. The highest BCUT2D eigenvalue weighted by atomic mass is 16.6. The maximum absolute atomic E-state index is 5.85. The summed E-state index contributed by atoms with van der Waals surface area (Å²) < 4.78 is 11.5. The smallest absolute Gasteiger partial charge is 0.161 e. The molecule has 0 saturated heterocycles. The van der Waals surface area contributed by atoms with Crippen molar-refractivity contribution in [2.24, 2.45) is 0 Å². The molecule has 0 radical (unpaired) electrons. The third kappa shape index (κ3) is 2.49. The molecule has 0 fully saturated rings. The molecule has 1 aliphatic rings. The van der Waals surface area contributed by atoms with E-state index in [1.165, 1.54) is 5.69 Å². The van der Waals surface area contributed by atoms with Gasteiger partial charge in [-0.1, -0.05) is 12.1 Å². The first-order valence-corrected chi connectivity index (χ1v) is 6.13. The van der Waals surface area contributed by atoms with Crippen LogP contribution in [-0.4, -0.2) is 24.2 Å². The number of rotatable bonds is 4. The molecule has 1 aliphatic heterocycles. The Bertz CT molecular complexity index is 496. The molecule has 0 bridgehead atoms. The van der Waals surface area contributed by atoms with Crippen LogP contribution in [0.15, 0.2) is 42.6 Å². The number of ether oxygens (including phenoxy) is 2. The van der Waals surface area contributed by atoms with E-state index in [1.807, 2.05) is 36.5 Å². The fraction of sp³-hybridized carbons (Fsp3) is 0.286. The van der Waals surface area contributed by atoms with E-state index >= 15 is 0 Å². The number of aromatic amines is 1. The highest BCUT2D eigenvalue weighted by Crippen LogP contribution is 2.30. The Balaban J connectivity index is 1.51. The molecule has 18 heavy (non-hydrogen) atoms. The fourth-order valence-corrected chi connectivity index (χ4v) is 2.01. The normalized spacial score (nSPS) is 17.7. The second kappa shape index (κ2) is 5.14. The van der Waals surface area contributed by atoms with Crippen molar-refractivity contribution in [1.29, 1.82) is 0 Å². The second-order valence-electron chi connectivity index (χ2n) is 4.32. The molecule has 0 amide bonds. The maximum Gasteiger partial charge on any atom is 0.161 e. The van der Waals surface area contributed by atoms with Gasteiger partial charge in [-0.25, -0.2) is 0 Å². The summed E-state index contributed by atoms with van der Waals surface area (Å²) in [7, 11) is 0. The van der Waals surface area contributed by atoms with Crippen molar-refractivity contribution >= 4 is 0 Å². The Labute approximate surface area is 106 Å². The lowest BCUT2D eigenvalue weighted by atomic mass is 10.2. The lowest BCUT2D eigenvalue weighted by Gasteiger charge is -2.26. The zero-order valence-corrected chi connectivity index (χ0v) is 10.1. The summed E-state index contributed by atoms with van der Waals surface area (Å²) in [6.45, 7) is 2.18. The van der Waals surface area contributed by atoms with Crippen LogP contribution < -0.4 is 14.8 Å². The molecule has 4 nitrogen and oxygen atoms in total. The van der Waals surface area contributed by atoms with E-state index in [9.17, 15) is 0 Å². The first-order chi connectivity index (χ1) is 8.92. The summed E-state index contributed by atoms with van der Waals surface area (Å²) in [6, 6.07) is 11.8. The SMILES string of the molecule is c1c[nH]c(CNCC2COc3ccccc3O2)c1. The Morgan fingerprint density at radius 2 is 2.06 bits per heavy atom. The zero-order valence-electron chi connectivity index (χ0n) is 10.1. The van der Waals surface area contributed by atoms with E-state index in [1.54, 1.807) is 0 Å².